The molecule has 0 N–H and O–H groups in total. The van der Waals surface area contributed by atoms with Crippen LogP contribution in [0.1, 0.15) is 32.5 Å². The molecule has 1 atom stereocenters. The second-order valence-electron chi connectivity index (χ2n) is 2.71. The fourth-order valence-electron chi connectivity index (χ4n) is 1.06. The highest BCUT2D eigenvalue weighted by atomic mass is 19.1. The number of rotatable bonds is 4. The van der Waals surface area contributed by atoms with Gasteiger partial charge in [-0.15, -0.1) is 0 Å². The van der Waals surface area contributed by atoms with Crippen LogP contribution in [-0.4, -0.2) is 4.57 Å². The van der Waals surface area contributed by atoms with Crippen molar-refractivity contribution in [3.8, 4) is 0 Å². The second-order valence-corrected chi connectivity index (χ2v) is 2.71. The van der Waals surface area contributed by atoms with Crippen LogP contribution >= 0.6 is 0 Å². The Hall–Kier alpha value is -0.790. The molecule has 0 fully saturated rings. The summed E-state index contributed by atoms with van der Waals surface area (Å²) in [6.45, 7) is 2.07. The van der Waals surface area contributed by atoms with Crippen molar-refractivity contribution in [1.82, 2.24) is 4.57 Å². The van der Waals surface area contributed by atoms with Gasteiger partial charge in [-0.05, 0) is 25.0 Å². The lowest BCUT2D eigenvalue weighted by Crippen LogP contribution is -1.99. The highest BCUT2D eigenvalue weighted by Gasteiger charge is 2.04. The van der Waals surface area contributed by atoms with Gasteiger partial charge in [0.25, 0.3) is 0 Å². The van der Waals surface area contributed by atoms with Crippen molar-refractivity contribution >= 4 is 0 Å². The van der Waals surface area contributed by atoms with Crippen molar-refractivity contribution in [2.45, 2.75) is 32.5 Å². The Morgan fingerprint density at radius 3 is 2.55 bits per heavy atom. The monoisotopic (exact) mass is 155 g/mol. The van der Waals surface area contributed by atoms with E-state index in [0.717, 1.165) is 12.8 Å². The fourth-order valence-corrected chi connectivity index (χ4v) is 1.06. The van der Waals surface area contributed by atoms with Crippen LogP contribution in [-0.2, 0) is 0 Å². The summed E-state index contributed by atoms with van der Waals surface area (Å²) in [5.74, 6) is 0. The summed E-state index contributed by atoms with van der Waals surface area (Å²) in [4.78, 5) is 0. The van der Waals surface area contributed by atoms with Crippen LogP contribution in [0.25, 0.3) is 0 Å². The lowest BCUT2D eigenvalue weighted by Gasteiger charge is -2.08. The quantitative estimate of drug-likeness (QED) is 0.629. The smallest absolute Gasteiger partial charge is 0.175 e. The fraction of sp³-hybridized carbons (Fsp3) is 0.556. The zero-order valence-corrected chi connectivity index (χ0v) is 6.83. The van der Waals surface area contributed by atoms with E-state index < -0.39 is 6.30 Å². The van der Waals surface area contributed by atoms with Crippen LogP contribution < -0.4 is 0 Å². The van der Waals surface area contributed by atoms with E-state index >= 15 is 0 Å². The Morgan fingerprint density at radius 2 is 2.00 bits per heavy atom. The van der Waals surface area contributed by atoms with Gasteiger partial charge < -0.3 is 4.57 Å². The third-order valence-electron chi connectivity index (χ3n) is 1.75. The standard InChI is InChI=1S/C9H14FN/c1-2-3-6-9(10)11-7-4-5-8-11/h4-5,7-9H,2-3,6H2,1H3. The maximum Gasteiger partial charge on any atom is 0.175 e. The van der Waals surface area contributed by atoms with Crippen LogP contribution in [0.2, 0.25) is 0 Å². The molecule has 1 heterocycles. The van der Waals surface area contributed by atoms with Crippen molar-refractivity contribution in [2.75, 3.05) is 0 Å². The zero-order valence-electron chi connectivity index (χ0n) is 6.83. The minimum Gasteiger partial charge on any atom is -0.324 e. The molecule has 0 saturated heterocycles. The topological polar surface area (TPSA) is 4.93 Å². The van der Waals surface area contributed by atoms with Crippen LogP contribution in [0, 0.1) is 0 Å². The van der Waals surface area contributed by atoms with E-state index in [1.165, 1.54) is 0 Å². The average molecular weight is 155 g/mol. The van der Waals surface area contributed by atoms with Crippen LogP contribution in [0.4, 0.5) is 4.39 Å². The summed E-state index contributed by atoms with van der Waals surface area (Å²) >= 11 is 0. The van der Waals surface area contributed by atoms with Gasteiger partial charge in [-0.3, -0.25) is 0 Å². The van der Waals surface area contributed by atoms with Crippen LogP contribution in [0.15, 0.2) is 24.5 Å². The van der Waals surface area contributed by atoms with E-state index in [9.17, 15) is 4.39 Å². The highest BCUT2D eigenvalue weighted by molar-refractivity contribution is 4.91. The Kier molecular flexibility index (Phi) is 3.14. The molecule has 2 heteroatoms. The Balaban J connectivity index is 2.36. The number of alkyl halides is 1. The van der Waals surface area contributed by atoms with E-state index in [1.54, 1.807) is 17.0 Å². The van der Waals surface area contributed by atoms with Crippen LogP contribution in [0.3, 0.4) is 0 Å². The molecular formula is C9H14FN. The molecule has 1 aromatic rings. The minimum atomic E-state index is -0.829. The first-order valence-electron chi connectivity index (χ1n) is 4.11. The number of halogens is 1. The molecule has 62 valence electrons. The van der Waals surface area contributed by atoms with Crippen molar-refractivity contribution in [3.63, 3.8) is 0 Å². The number of aromatic nitrogens is 1. The van der Waals surface area contributed by atoms with Gasteiger partial charge in [0.05, 0.1) is 0 Å². The number of hydrogen-bond donors (Lipinski definition) is 0. The van der Waals surface area contributed by atoms with Crippen molar-refractivity contribution in [1.29, 1.82) is 0 Å². The Morgan fingerprint density at radius 1 is 1.36 bits per heavy atom. The van der Waals surface area contributed by atoms with E-state index in [0.29, 0.717) is 6.42 Å². The molecule has 0 spiro atoms. The lowest BCUT2D eigenvalue weighted by molar-refractivity contribution is 0.220. The van der Waals surface area contributed by atoms with Gasteiger partial charge in [-0.1, -0.05) is 13.3 Å². The van der Waals surface area contributed by atoms with E-state index in [4.69, 9.17) is 0 Å². The molecule has 0 aliphatic carbocycles. The molecule has 0 aliphatic heterocycles. The summed E-state index contributed by atoms with van der Waals surface area (Å²) in [5.41, 5.74) is 0. The largest absolute Gasteiger partial charge is 0.324 e. The molecule has 0 aromatic carbocycles. The summed E-state index contributed by atoms with van der Waals surface area (Å²) in [7, 11) is 0. The predicted octanol–water partition coefficient (Wildman–Crippen LogP) is 3.15. The Bertz CT molecular complexity index is 181. The van der Waals surface area contributed by atoms with E-state index in [2.05, 4.69) is 6.92 Å². The lowest BCUT2D eigenvalue weighted by atomic mass is 10.2. The summed E-state index contributed by atoms with van der Waals surface area (Å²) in [6.07, 6.45) is 5.34. The average Bonchev–Trinajstić information content (AvgIpc) is 2.52. The van der Waals surface area contributed by atoms with E-state index in [1.807, 2.05) is 12.1 Å². The number of unbranched alkanes of at least 4 members (excludes halogenated alkanes) is 1. The van der Waals surface area contributed by atoms with Gasteiger partial charge in [0.1, 0.15) is 0 Å². The zero-order chi connectivity index (χ0) is 8.10. The molecule has 0 aliphatic rings. The first-order chi connectivity index (χ1) is 5.34. The molecule has 0 amide bonds. The van der Waals surface area contributed by atoms with Gasteiger partial charge in [0, 0.05) is 12.4 Å². The van der Waals surface area contributed by atoms with Crippen molar-refractivity contribution in [3.05, 3.63) is 24.5 Å². The van der Waals surface area contributed by atoms with Gasteiger partial charge in [-0.25, -0.2) is 4.39 Å². The SMILES string of the molecule is CCCCC(F)n1cccc1. The minimum absolute atomic E-state index is 0.630. The summed E-state index contributed by atoms with van der Waals surface area (Å²) in [5, 5.41) is 0. The number of hydrogen-bond acceptors (Lipinski definition) is 0. The highest BCUT2D eigenvalue weighted by Crippen LogP contribution is 2.15. The van der Waals surface area contributed by atoms with Crippen molar-refractivity contribution < 1.29 is 4.39 Å². The molecule has 11 heavy (non-hydrogen) atoms. The maximum absolute atomic E-state index is 13.1. The molecule has 0 saturated carbocycles. The third kappa shape index (κ3) is 2.37. The van der Waals surface area contributed by atoms with Crippen LogP contribution in [0.5, 0.6) is 0 Å². The molecule has 1 nitrogen and oxygen atoms in total. The second kappa shape index (κ2) is 4.16. The van der Waals surface area contributed by atoms with Crippen molar-refractivity contribution in [2.24, 2.45) is 0 Å². The van der Waals surface area contributed by atoms with Gasteiger partial charge in [0.15, 0.2) is 6.30 Å². The molecule has 0 radical (unpaired) electrons. The third-order valence-corrected chi connectivity index (χ3v) is 1.75. The van der Waals surface area contributed by atoms with Gasteiger partial charge >= 0.3 is 0 Å². The maximum atomic E-state index is 13.1. The first-order valence-corrected chi connectivity index (χ1v) is 4.11. The number of nitrogens with zero attached hydrogens (tertiary/aromatic N) is 1. The van der Waals surface area contributed by atoms with Gasteiger partial charge in [0.2, 0.25) is 0 Å². The first kappa shape index (κ1) is 8.31. The van der Waals surface area contributed by atoms with Gasteiger partial charge in [-0.2, -0.15) is 0 Å². The molecule has 1 unspecified atom stereocenters. The predicted molar refractivity (Wildman–Crippen MR) is 44.1 cm³/mol. The molecule has 1 rings (SSSR count). The van der Waals surface area contributed by atoms with E-state index in [-0.39, 0.29) is 0 Å². The molecule has 1 aromatic heterocycles. The summed E-state index contributed by atoms with van der Waals surface area (Å²) in [6, 6.07) is 3.69. The Labute approximate surface area is 66.8 Å². The molecular weight excluding hydrogens is 141 g/mol. The summed E-state index contributed by atoms with van der Waals surface area (Å²) < 4.78 is 14.7. The molecule has 0 bridgehead atoms. The normalized spacial score (nSPS) is 13.3.